The summed E-state index contributed by atoms with van der Waals surface area (Å²) in [6.07, 6.45) is 11.0. The lowest BCUT2D eigenvalue weighted by molar-refractivity contribution is -0.538. The van der Waals surface area contributed by atoms with Gasteiger partial charge in [-0.1, -0.05) is 0 Å². The molecule has 0 saturated heterocycles. The van der Waals surface area contributed by atoms with Crippen molar-refractivity contribution in [2.45, 2.75) is 65.2 Å². The average molecular weight is 335 g/mol. The Morgan fingerprint density at radius 1 is 0.625 bits per heavy atom. The molecule has 0 bridgehead atoms. The summed E-state index contributed by atoms with van der Waals surface area (Å²) in [5.74, 6) is 3.27. The maximum absolute atomic E-state index is 2.62. The zero-order valence-corrected chi connectivity index (χ0v) is 16.1. The molecule has 24 heavy (non-hydrogen) atoms. The molecule has 0 spiro atoms. The van der Waals surface area contributed by atoms with Crippen LogP contribution in [0.2, 0.25) is 0 Å². The first-order valence-corrected chi connectivity index (χ1v) is 10.5. The standard InChI is InChI=1S/C11H21N2.C9H17N2/c1-2-12-9-6-10-13-8-5-3-4-7-11(12)13;1-2-10-7-4-8-11-6-3-5-9(10)11/h2-10H2,1H3;2-8H2,1H3/q2*+1. The van der Waals surface area contributed by atoms with Gasteiger partial charge in [-0.15, -0.1) is 0 Å². The Labute approximate surface area is 148 Å². The van der Waals surface area contributed by atoms with Gasteiger partial charge in [-0.2, -0.15) is 0 Å². The number of nitrogens with zero attached hydrogens (tertiary/aromatic N) is 4. The van der Waals surface area contributed by atoms with Gasteiger partial charge in [0.2, 0.25) is 11.7 Å². The summed E-state index contributed by atoms with van der Waals surface area (Å²) >= 11 is 0. The fraction of sp³-hybridized carbons (Fsp3) is 0.900. The first kappa shape index (κ1) is 17.8. The zero-order valence-electron chi connectivity index (χ0n) is 16.1. The number of hydrogen-bond donors (Lipinski definition) is 0. The Balaban J connectivity index is 0.000000143. The number of amidine groups is 2. The normalized spacial score (nSPS) is 24.2. The lowest BCUT2D eigenvalue weighted by Gasteiger charge is -2.25. The maximum Gasteiger partial charge on any atom is 0.246 e. The van der Waals surface area contributed by atoms with Crippen LogP contribution >= 0.6 is 0 Å². The van der Waals surface area contributed by atoms with Gasteiger partial charge in [0.05, 0.1) is 58.8 Å². The van der Waals surface area contributed by atoms with E-state index in [9.17, 15) is 0 Å². The van der Waals surface area contributed by atoms with Crippen LogP contribution in [0.5, 0.6) is 0 Å². The van der Waals surface area contributed by atoms with Crippen LogP contribution in [0.4, 0.5) is 0 Å². The van der Waals surface area contributed by atoms with Gasteiger partial charge in [-0.25, -0.2) is 0 Å². The minimum Gasteiger partial charge on any atom is -0.266 e. The molecule has 0 aliphatic carbocycles. The molecule has 4 heteroatoms. The summed E-state index contributed by atoms with van der Waals surface area (Å²) in [6, 6.07) is 0. The molecule has 0 atom stereocenters. The van der Waals surface area contributed by atoms with Crippen molar-refractivity contribution in [2.24, 2.45) is 0 Å². The highest BCUT2D eigenvalue weighted by molar-refractivity contribution is 5.78. The Kier molecular flexibility index (Phi) is 6.56. The predicted octanol–water partition coefficient (Wildman–Crippen LogP) is 2.61. The molecule has 0 aromatic heterocycles. The van der Waals surface area contributed by atoms with Crippen molar-refractivity contribution < 1.29 is 9.15 Å². The van der Waals surface area contributed by atoms with E-state index in [-0.39, 0.29) is 0 Å². The summed E-state index contributed by atoms with van der Waals surface area (Å²) in [5, 5.41) is 0. The van der Waals surface area contributed by atoms with Gasteiger partial charge < -0.3 is 0 Å². The molecule has 0 fully saturated rings. The zero-order chi connectivity index (χ0) is 16.8. The molecular formula is C20H38N4+2. The van der Waals surface area contributed by atoms with Gasteiger partial charge >= 0.3 is 0 Å². The maximum atomic E-state index is 2.62. The molecule has 4 aliphatic rings. The van der Waals surface area contributed by atoms with Gasteiger partial charge in [0.1, 0.15) is 0 Å². The molecule has 0 unspecified atom stereocenters. The fourth-order valence-electron chi connectivity index (χ4n) is 4.81. The van der Waals surface area contributed by atoms with E-state index >= 15 is 0 Å². The molecule has 0 amide bonds. The predicted molar refractivity (Wildman–Crippen MR) is 101 cm³/mol. The second kappa shape index (κ2) is 8.87. The van der Waals surface area contributed by atoms with Crippen LogP contribution in [0.25, 0.3) is 0 Å². The first-order valence-electron chi connectivity index (χ1n) is 10.5. The molecule has 0 N–H and O–H groups in total. The SMILES string of the molecule is CCN1CCC[N+]2=C1CCC2.CCN1CCC[N+]2=C1CCCCC2. The van der Waals surface area contributed by atoms with Crippen LogP contribution in [0, 0.1) is 0 Å². The van der Waals surface area contributed by atoms with E-state index < -0.39 is 0 Å². The number of hydrogen-bond acceptors (Lipinski definition) is 2. The highest BCUT2D eigenvalue weighted by Gasteiger charge is 2.29. The van der Waals surface area contributed by atoms with Gasteiger partial charge in [-0.05, 0) is 39.5 Å². The summed E-state index contributed by atoms with van der Waals surface area (Å²) < 4.78 is 5.19. The van der Waals surface area contributed by atoms with Gasteiger partial charge in [-0.3, -0.25) is 19.0 Å². The quantitative estimate of drug-likeness (QED) is 0.720. The van der Waals surface area contributed by atoms with E-state index in [0.29, 0.717) is 0 Å². The van der Waals surface area contributed by atoms with Crippen molar-refractivity contribution in [3.05, 3.63) is 0 Å². The van der Waals surface area contributed by atoms with Crippen molar-refractivity contribution in [3.8, 4) is 0 Å². The third kappa shape index (κ3) is 4.12. The van der Waals surface area contributed by atoms with Gasteiger partial charge in [0.25, 0.3) is 0 Å². The molecule has 0 saturated carbocycles. The molecular weight excluding hydrogens is 296 g/mol. The van der Waals surface area contributed by atoms with Crippen molar-refractivity contribution in [2.75, 3.05) is 52.4 Å². The Morgan fingerprint density at radius 3 is 1.71 bits per heavy atom. The minimum atomic E-state index is 1.20. The van der Waals surface area contributed by atoms with Crippen LogP contribution in [0.3, 0.4) is 0 Å². The third-order valence-corrected chi connectivity index (χ3v) is 6.09. The fourth-order valence-corrected chi connectivity index (χ4v) is 4.81. The van der Waals surface area contributed by atoms with E-state index in [4.69, 9.17) is 0 Å². The molecule has 4 rings (SSSR count). The molecule has 4 aliphatic heterocycles. The van der Waals surface area contributed by atoms with Crippen LogP contribution in [0.1, 0.15) is 65.2 Å². The van der Waals surface area contributed by atoms with Crippen LogP contribution in [-0.4, -0.2) is 83.0 Å². The van der Waals surface area contributed by atoms with Crippen molar-refractivity contribution >= 4 is 11.7 Å². The third-order valence-electron chi connectivity index (χ3n) is 6.09. The summed E-state index contributed by atoms with van der Waals surface area (Å²) in [6.45, 7) is 14.8. The summed E-state index contributed by atoms with van der Waals surface area (Å²) in [7, 11) is 0. The van der Waals surface area contributed by atoms with E-state index in [1.807, 2.05) is 0 Å². The number of rotatable bonds is 2. The Bertz CT molecular complexity index is 480. The lowest BCUT2D eigenvalue weighted by Crippen LogP contribution is -2.43. The Hall–Kier alpha value is -1.06. The molecule has 136 valence electrons. The second-order valence-corrected chi connectivity index (χ2v) is 7.59. The molecule has 4 nitrogen and oxygen atoms in total. The molecule has 4 heterocycles. The second-order valence-electron chi connectivity index (χ2n) is 7.59. The van der Waals surface area contributed by atoms with Crippen molar-refractivity contribution in [1.82, 2.24) is 9.80 Å². The summed E-state index contributed by atoms with van der Waals surface area (Å²) in [4.78, 5) is 5.12. The first-order chi connectivity index (χ1) is 11.8. The highest BCUT2D eigenvalue weighted by Crippen LogP contribution is 2.14. The lowest BCUT2D eigenvalue weighted by atomic mass is 10.2. The molecule has 0 aromatic carbocycles. The summed E-state index contributed by atoms with van der Waals surface area (Å²) in [5.41, 5.74) is 0. The van der Waals surface area contributed by atoms with E-state index in [2.05, 4.69) is 32.8 Å². The smallest absolute Gasteiger partial charge is 0.246 e. The monoisotopic (exact) mass is 334 g/mol. The highest BCUT2D eigenvalue weighted by atomic mass is 15.3. The van der Waals surface area contributed by atoms with Crippen LogP contribution in [0.15, 0.2) is 0 Å². The van der Waals surface area contributed by atoms with E-state index in [1.165, 1.54) is 104 Å². The molecule has 0 radical (unpaired) electrons. The van der Waals surface area contributed by atoms with Gasteiger partial charge in [0.15, 0.2) is 0 Å². The Morgan fingerprint density at radius 2 is 1.12 bits per heavy atom. The van der Waals surface area contributed by atoms with Crippen LogP contribution < -0.4 is 0 Å². The minimum absolute atomic E-state index is 1.20. The van der Waals surface area contributed by atoms with Crippen molar-refractivity contribution in [3.63, 3.8) is 0 Å². The van der Waals surface area contributed by atoms with Gasteiger partial charge in [0, 0.05) is 19.3 Å². The largest absolute Gasteiger partial charge is 0.266 e. The van der Waals surface area contributed by atoms with Crippen molar-refractivity contribution in [1.29, 1.82) is 0 Å². The molecule has 0 aromatic rings. The average Bonchev–Trinajstić information content (AvgIpc) is 2.98. The van der Waals surface area contributed by atoms with E-state index in [0.717, 1.165) is 0 Å². The van der Waals surface area contributed by atoms with E-state index in [1.54, 1.807) is 11.7 Å². The van der Waals surface area contributed by atoms with Crippen LogP contribution in [-0.2, 0) is 0 Å². The topological polar surface area (TPSA) is 12.5 Å².